The summed E-state index contributed by atoms with van der Waals surface area (Å²) in [6.45, 7) is 3.30. The Hall–Kier alpha value is -2.54. The Bertz CT molecular complexity index is 885. The number of hydrogen-bond donors (Lipinski definition) is 0. The molecule has 3 rings (SSSR count). The molecule has 20 heavy (non-hydrogen) atoms. The molecular formula is C13H10N4O2S. The van der Waals surface area contributed by atoms with Gasteiger partial charge in [0.15, 0.2) is 10.7 Å². The highest BCUT2D eigenvalue weighted by molar-refractivity contribution is 7.94. The molecule has 0 aliphatic carbocycles. The number of fused-ring (bicyclic) bond motifs is 1. The van der Waals surface area contributed by atoms with E-state index >= 15 is 0 Å². The van der Waals surface area contributed by atoms with Gasteiger partial charge in [0, 0.05) is 5.41 Å². The minimum Gasteiger partial charge on any atom is -0.224 e. The van der Waals surface area contributed by atoms with Crippen LogP contribution >= 0.6 is 0 Å². The van der Waals surface area contributed by atoms with Crippen LogP contribution in [0.3, 0.4) is 0 Å². The third kappa shape index (κ3) is 1.88. The number of hydrogen-bond acceptors (Lipinski definition) is 5. The maximum absolute atomic E-state index is 11.9. The highest BCUT2D eigenvalue weighted by Crippen LogP contribution is 2.22. The molecule has 0 atom stereocenters. The first-order valence-corrected chi connectivity index (χ1v) is 7.30. The standard InChI is InChI=1S/C13H10N4O2S/c1-2-20(18,19)13-11-8-16-17(12(11)14-9-15-13)10-6-4-3-5-7-10/h2-9H,1H2. The number of benzene rings is 1. The van der Waals surface area contributed by atoms with Crippen LogP contribution in [0.15, 0.2) is 59.9 Å². The molecule has 0 saturated heterocycles. The summed E-state index contributed by atoms with van der Waals surface area (Å²) in [6, 6.07) is 9.33. The number of aromatic nitrogens is 4. The highest BCUT2D eigenvalue weighted by Gasteiger charge is 2.19. The van der Waals surface area contributed by atoms with Crippen molar-refractivity contribution in [2.45, 2.75) is 5.03 Å². The van der Waals surface area contributed by atoms with Gasteiger partial charge in [-0.2, -0.15) is 5.10 Å². The van der Waals surface area contributed by atoms with Gasteiger partial charge in [0.05, 0.1) is 17.3 Å². The largest absolute Gasteiger partial charge is 0.224 e. The molecule has 0 spiro atoms. The predicted molar refractivity (Wildman–Crippen MR) is 74.0 cm³/mol. The quantitative estimate of drug-likeness (QED) is 0.685. The fourth-order valence-electron chi connectivity index (χ4n) is 1.89. The fraction of sp³-hybridized carbons (Fsp3) is 0. The lowest BCUT2D eigenvalue weighted by molar-refractivity contribution is 0.602. The second kappa shape index (κ2) is 4.53. The van der Waals surface area contributed by atoms with E-state index in [1.165, 1.54) is 12.5 Å². The van der Waals surface area contributed by atoms with Crippen LogP contribution < -0.4 is 0 Å². The van der Waals surface area contributed by atoms with Crippen LogP contribution in [-0.2, 0) is 9.84 Å². The first-order valence-electron chi connectivity index (χ1n) is 5.75. The van der Waals surface area contributed by atoms with Crippen LogP contribution in [0.4, 0.5) is 0 Å². The van der Waals surface area contributed by atoms with Crippen LogP contribution in [0.5, 0.6) is 0 Å². The molecule has 1 aromatic carbocycles. The minimum absolute atomic E-state index is 0.0836. The molecule has 6 nitrogen and oxygen atoms in total. The highest BCUT2D eigenvalue weighted by atomic mass is 32.2. The van der Waals surface area contributed by atoms with E-state index in [4.69, 9.17) is 0 Å². The van der Waals surface area contributed by atoms with Crippen LogP contribution in [0.1, 0.15) is 0 Å². The molecule has 0 fully saturated rings. The summed E-state index contributed by atoms with van der Waals surface area (Å²) in [5.74, 6) is 0. The molecule has 100 valence electrons. The van der Waals surface area contributed by atoms with E-state index < -0.39 is 9.84 Å². The molecule has 0 radical (unpaired) electrons. The van der Waals surface area contributed by atoms with Crippen LogP contribution in [0, 0.1) is 0 Å². The van der Waals surface area contributed by atoms with Crippen molar-refractivity contribution in [3.63, 3.8) is 0 Å². The predicted octanol–water partition coefficient (Wildman–Crippen LogP) is 1.73. The maximum Gasteiger partial charge on any atom is 0.217 e. The van der Waals surface area contributed by atoms with Gasteiger partial charge in [-0.05, 0) is 12.1 Å². The molecule has 2 aromatic heterocycles. The maximum atomic E-state index is 11.9. The van der Waals surface area contributed by atoms with Gasteiger partial charge in [-0.1, -0.05) is 24.8 Å². The third-order valence-corrected chi connectivity index (χ3v) is 4.12. The summed E-state index contributed by atoms with van der Waals surface area (Å²) >= 11 is 0. The Labute approximate surface area is 115 Å². The van der Waals surface area contributed by atoms with E-state index in [1.54, 1.807) is 4.68 Å². The monoisotopic (exact) mass is 286 g/mol. The first-order chi connectivity index (χ1) is 9.63. The zero-order valence-corrected chi connectivity index (χ0v) is 11.2. The van der Waals surface area contributed by atoms with Crippen LogP contribution in [0.2, 0.25) is 0 Å². The Balaban J connectivity index is 2.31. The topological polar surface area (TPSA) is 77.7 Å². The zero-order chi connectivity index (χ0) is 14.2. The summed E-state index contributed by atoms with van der Waals surface area (Å²) in [7, 11) is -3.63. The fourth-order valence-corrected chi connectivity index (χ4v) is 2.69. The number of rotatable bonds is 3. The number of nitrogens with zero attached hydrogens (tertiary/aromatic N) is 4. The van der Waals surface area contributed by atoms with Gasteiger partial charge in [0.25, 0.3) is 0 Å². The molecule has 7 heteroatoms. The first kappa shape index (κ1) is 12.5. The van der Waals surface area contributed by atoms with Crippen LogP contribution in [-0.4, -0.2) is 28.2 Å². The van der Waals surface area contributed by atoms with Gasteiger partial charge in [0.1, 0.15) is 6.33 Å². The van der Waals surface area contributed by atoms with Crippen molar-refractivity contribution < 1.29 is 8.42 Å². The van der Waals surface area contributed by atoms with Gasteiger partial charge >= 0.3 is 0 Å². The summed E-state index contributed by atoms with van der Waals surface area (Å²) in [4.78, 5) is 7.95. The van der Waals surface area contributed by atoms with Gasteiger partial charge in [0.2, 0.25) is 9.84 Å². The lowest BCUT2D eigenvalue weighted by Crippen LogP contribution is -2.02. The van der Waals surface area contributed by atoms with Gasteiger partial charge in [-0.15, -0.1) is 0 Å². The lowest BCUT2D eigenvalue weighted by atomic mass is 10.3. The summed E-state index contributed by atoms with van der Waals surface area (Å²) < 4.78 is 25.4. The molecule has 0 aliphatic rings. The van der Waals surface area contributed by atoms with Gasteiger partial charge < -0.3 is 0 Å². The zero-order valence-electron chi connectivity index (χ0n) is 10.3. The molecule has 0 bridgehead atoms. The number of sulfone groups is 1. The average molecular weight is 286 g/mol. The van der Waals surface area contributed by atoms with E-state index in [9.17, 15) is 8.42 Å². The van der Waals surface area contributed by atoms with Crippen LogP contribution in [0.25, 0.3) is 16.7 Å². The van der Waals surface area contributed by atoms with Gasteiger partial charge in [-0.25, -0.2) is 23.1 Å². The second-order valence-corrected chi connectivity index (χ2v) is 5.83. The number of para-hydroxylation sites is 1. The van der Waals surface area contributed by atoms with E-state index in [0.29, 0.717) is 11.0 Å². The molecular weight excluding hydrogens is 276 g/mol. The van der Waals surface area contributed by atoms with E-state index in [1.807, 2.05) is 30.3 Å². The van der Waals surface area contributed by atoms with Crippen molar-refractivity contribution in [1.29, 1.82) is 0 Å². The van der Waals surface area contributed by atoms with Crippen molar-refractivity contribution in [2.24, 2.45) is 0 Å². The van der Waals surface area contributed by atoms with Crippen molar-refractivity contribution in [1.82, 2.24) is 19.7 Å². The molecule has 0 saturated carbocycles. The Morgan fingerprint density at radius 2 is 1.90 bits per heavy atom. The average Bonchev–Trinajstić information content (AvgIpc) is 2.91. The van der Waals surface area contributed by atoms with E-state index in [-0.39, 0.29) is 5.03 Å². The third-order valence-electron chi connectivity index (χ3n) is 2.82. The molecule has 0 N–H and O–H groups in total. The normalized spacial score (nSPS) is 11.6. The smallest absolute Gasteiger partial charge is 0.217 e. The molecule has 2 heterocycles. The van der Waals surface area contributed by atoms with Crippen molar-refractivity contribution in [3.05, 3.63) is 54.8 Å². The Morgan fingerprint density at radius 1 is 1.15 bits per heavy atom. The van der Waals surface area contributed by atoms with Crippen molar-refractivity contribution >= 4 is 20.9 Å². The molecule has 0 amide bonds. The summed E-state index contributed by atoms with van der Waals surface area (Å²) in [5.41, 5.74) is 1.23. The van der Waals surface area contributed by atoms with Gasteiger partial charge in [-0.3, -0.25) is 0 Å². The van der Waals surface area contributed by atoms with Crippen molar-refractivity contribution in [2.75, 3.05) is 0 Å². The molecule has 0 unspecified atom stereocenters. The molecule has 3 aromatic rings. The summed E-state index contributed by atoms with van der Waals surface area (Å²) in [6.07, 6.45) is 2.65. The van der Waals surface area contributed by atoms with E-state index in [0.717, 1.165) is 11.1 Å². The van der Waals surface area contributed by atoms with E-state index in [2.05, 4.69) is 21.6 Å². The SMILES string of the molecule is C=CS(=O)(=O)c1ncnc2c1cnn2-c1ccccc1. The lowest BCUT2D eigenvalue weighted by Gasteiger charge is -2.03. The minimum atomic E-state index is -3.63. The Morgan fingerprint density at radius 3 is 2.60 bits per heavy atom. The summed E-state index contributed by atoms with van der Waals surface area (Å²) in [5, 5.41) is 5.35. The molecule has 0 aliphatic heterocycles. The Kier molecular flexibility index (Phi) is 2.83. The van der Waals surface area contributed by atoms with Crippen molar-refractivity contribution in [3.8, 4) is 5.69 Å². The second-order valence-electron chi connectivity index (χ2n) is 4.02.